The molecule has 30 heavy (non-hydrogen) atoms. The average molecular weight is 415 g/mol. The van der Waals surface area contributed by atoms with Crippen molar-refractivity contribution in [1.82, 2.24) is 10.2 Å². The van der Waals surface area contributed by atoms with Crippen LogP contribution in [0.1, 0.15) is 45.6 Å². The molecule has 1 aromatic carbocycles. The number of rotatable bonds is 5. The van der Waals surface area contributed by atoms with Gasteiger partial charge < -0.3 is 15.4 Å². The van der Waals surface area contributed by atoms with E-state index < -0.39 is 42.5 Å². The van der Waals surface area contributed by atoms with Crippen LogP contribution in [0.5, 0.6) is 0 Å². The maximum absolute atomic E-state index is 13.0. The van der Waals surface area contributed by atoms with Crippen LogP contribution in [-0.2, 0) is 19.1 Å². The van der Waals surface area contributed by atoms with Gasteiger partial charge in [0.15, 0.2) is 6.61 Å². The van der Waals surface area contributed by atoms with E-state index in [-0.39, 0.29) is 11.3 Å². The Hall–Kier alpha value is -2.90. The summed E-state index contributed by atoms with van der Waals surface area (Å²) in [5.74, 6) is -1.42. The molecule has 0 radical (unpaired) electrons. The Balaban J connectivity index is 1.56. The molecule has 2 aliphatic rings. The number of anilines is 1. The van der Waals surface area contributed by atoms with Crippen LogP contribution in [0.25, 0.3) is 0 Å². The minimum absolute atomic E-state index is 0.0925. The van der Waals surface area contributed by atoms with Gasteiger partial charge in [-0.15, -0.1) is 0 Å². The Morgan fingerprint density at radius 3 is 2.60 bits per heavy atom. The number of hydrogen-bond donors (Lipinski definition) is 2. The lowest BCUT2D eigenvalue weighted by Gasteiger charge is -2.43. The predicted octanol–water partition coefficient (Wildman–Crippen LogP) is 2.61. The van der Waals surface area contributed by atoms with E-state index >= 15 is 0 Å². The Kier molecular flexibility index (Phi) is 5.87. The van der Waals surface area contributed by atoms with Crippen molar-refractivity contribution in [2.75, 3.05) is 18.5 Å². The van der Waals surface area contributed by atoms with Crippen molar-refractivity contribution >= 4 is 29.5 Å². The van der Waals surface area contributed by atoms with Crippen LogP contribution in [-0.4, -0.2) is 47.4 Å². The van der Waals surface area contributed by atoms with E-state index in [0.29, 0.717) is 18.5 Å². The van der Waals surface area contributed by atoms with E-state index in [4.69, 9.17) is 4.74 Å². The molecule has 1 spiro atoms. The molecular weight excluding hydrogens is 386 g/mol. The highest BCUT2D eigenvalue weighted by Gasteiger charge is 2.56. The SMILES string of the molecule is Cc1ccccc1NC(=O)COC(=O)CN1C(=O)N[C@]2(C[C@@H](C)CC(C)(C)C2)C1=O. The number of esters is 1. The van der Waals surface area contributed by atoms with Crippen molar-refractivity contribution in [2.24, 2.45) is 11.3 Å². The molecule has 2 fully saturated rings. The first-order valence-corrected chi connectivity index (χ1v) is 10.2. The highest BCUT2D eigenvalue weighted by molar-refractivity contribution is 6.09. The lowest BCUT2D eigenvalue weighted by molar-refractivity contribution is -0.150. The zero-order valence-electron chi connectivity index (χ0n) is 17.9. The Morgan fingerprint density at radius 1 is 1.23 bits per heavy atom. The third-order valence-electron chi connectivity index (χ3n) is 5.69. The summed E-state index contributed by atoms with van der Waals surface area (Å²) < 4.78 is 4.99. The normalized spacial score (nSPS) is 25.2. The second-order valence-electron chi connectivity index (χ2n) is 9.28. The van der Waals surface area contributed by atoms with Gasteiger partial charge in [-0.25, -0.2) is 4.79 Å². The van der Waals surface area contributed by atoms with E-state index in [2.05, 4.69) is 31.4 Å². The monoisotopic (exact) mass is 415 g/mol. The summed E-state index contributed by atoms with van der Waals surface area (Å²) in [6.07, 6.45) is 2.04. The molecule has 1 aliphatic heterocycles. The number of carbonyl (C=O) groups excluding carboxylic acids is 4. The summed E-state index contributed by atoms with van der Waals surface area (Å²) in [6, 6.07) is 6.64. The summed E-state index contributed by atoms with van der Waals surface area (Å²) in [6.45, 7) is 7.06. The zero-order valence-corrected chi connectivity index (χ0v) is 17.9. The van der Waals surface area contributed by atoms with Gasteiger partial charge in [0.05, 0.1) is 0 Å². The molecule has 1 heterocycles. The Morgan fingerprint density at radius 2 is 1.93 bits per heavy atom. The molecular formula is C22H29N3O5. The van der Waals surface area contributed by atoms with Crippen LogP contribution in [0.2, 0.25) is 0 Å². The molecule has 2 atom stereocenters. The smallest absolute Gasteiger partial charge is 0.326 e. The molecule has 0 aromatic heterocycles. The van der Waals surface area contributed by atoms with Crippen LogP contribution < -0.4 is 10.6 Å². The van der Waals surface area contributed by atoms with E-state index in [1.54, 1.807) is 12.1 Å². The van der Waals surface area contributed by atoms with Gasteiger partial charge in [0, 0.05) is 5.69 Å². The number of aryl methyl sites for hydroxylation is 1. The average Bonchev–Trinajstić information content (AvgIpc) is 2.83. The fourth-order valence-corrected chi connectivity index (χ4v) is 4.87. The molecule has 8 nitrogen and oxygen atoms in total. The van der Waals surface area contributed by atoms with E-state index in [1.165, 1.54) is 0 Å². The van der Waals surface area contributed by atoms with Gasteiger partial charge in [0.1, 0.15) is 12.1 Å². The summed E-state index contributed by atoms with van der Waals surface area (Å²) in [5.41, 5.74) is 0.445. The summed E-state index contributed by atoms with van der Waals surface area (Å²) in [4.78, 5) is 50.6. The number of imide groups is 1. The molecule has 3 rings (SSSR count). The highest BCUT2D eigenvalue weighted by atomic mass is 16.5. The predicted molar refractivity (Wildman–Crippen MR) is 111 cm³/mol. The fourth-order valence-electron chi connectivity index (χ4n) is 4.87. The topological polar surface area (TPSA) is 105 Å². The van der Waals surface area contributed by atoms with Gasteiger partial charge in [-0.1, -0.05) is 39.0 Å². The lowest BCUT2D eigenvalue weighted by atomic mass is 9.64. The Labute approximate surface area is 176 Å². The van der Waals surface area contributed by atoms with E-state index in [1.807, 2.05) is 19.1 Å². The number of carbonyl (C=O) groups is 4. The van der Waals surface area contributed by atoms with E-state index in [0.717, 1.165) is 16.9 Å². The third-order valence-corrected chi connectivity index (χ3v) is 5.69. The number of amides is 4. The van der Waals surface area contributed by atoms with Crippen LogP contribution in [0.15, 0.2) is 24.3 Å². The number of benzene rings is 1. The third kappa shape index (κ3) is 4.63. The molecule has 162 valence electrons. The molecule has 4 amide bonds. The van der Waals surface area contributed by atoms with Crippen molar-refractivity contribution < 1.29 is 23.9 Å². The maximum atomic E-state index is 13.0. The van der Waals surface area contributed by atoms with Crippen LogP contribution >= 0.6 is 0 Å². The summed E-state index contributed by atoms with van der Waals surface area (Å²) >= 11 is 0. The number of hydrogen-bond acceptors (Lipinski definition) is 5. The highest BCUT2D eigenvalue weighted by Crippen LogP contribution is 2.46. The maximum Gasteiger partial charge on any atom is 0.326 e. The quantitative estimate of drug-likeness (QED) is 0.568. The first kappa shape index (κ1) is 21.8. The zero-order chi connectivity index (χ0) is 22.1. The van der Waals surface area contributed by atoms with Crippen LogP contribution in [0.4, 0.5) is 10.5 Å². The molecule has 2 N–H and O–H groups in total. The number of urea groups is 1. The molecule has 8 heteroatoms. The molecule has 1 saturated heterocycles. The summed E-state index contributed by atoms with van der Waals surface area (Å²) in [7, 11) is 0. The Bertz CT molecular complexity index is 881. The second-order valence-corrected chi connectivity index (χ2v) is 9.28. The van der Waals surface area contributed by atoms with Crippen molar-refractivity contribution in [3.05, 3.63) is 29.8 Å². The lowest BCUT2D eigenvalue weighted by Crippen LogP contribution is -2.54. The van der Waals surface area contributed by atoms with Gasteiger partial charge in [0.25, 0.3) is 11.8 Å². The van der Waals surface area contributed by atoms with Gasteiger partial charge in [-0.2, -0.15) is 0 Å². The largest absolute Gasteiger partial charge is 0.454 e. The minimum atomic E-state index is -0.971. The van der Waals surface area contributed by atoms with Gasteiger partial charge in [-0.05, 0) is 49.1 Å². The number of para-hydroxylation sites is 1. The van der Waals surface area contributed by atoms with Crippen LogP contribution in [0, 0.1) is 18.3 Å². The van der Waals surface area contributed by atoms with Crippen molar-refractivity contribution in [3.8, 4) is 0 Å². The molecule has 0 unspecified atom stereocenters. The van der Waals surface area contributed by atoms with Gasteiger partial charge >= 0.3 is 12.0 Å². The molecule has 1 aliphatic carbocycles. The fraction of sp³-hybridized carbons (Fsp3) is 0.545. The van der Waals surface area contributed by atoms with Crippen molar-refractivity contribution in [3.63, 3.8) is 0 Å². The number of nitrogens with one attached hydrogen (secondary N) is 2. The number of nitrogens with zero attached hydrogens (tertiary/aromatic N) is 1. The van der Waals surface area contributed by atoms with Gasteiger partial charge in [-0.3, -0.25) is 19.3 Å². The first-order valence-electron chi connectivity index (χ1n) is 10.2. The summed E-state index contributed by atoms with van der Waals surface area (Å²) in [5, 5.41) is 5.48. The van der Waals surface area contributed by atoms with E-state index in [9.17, 15) is 19.2 Å². The second kappa shape index (κ2) is 8.08. The standard InChI is InChI=1S/C22H29N3O5/c1-14-9-21(3,4)13-22(10-14)19(28)25(20(29)24-22)11-18(27)30-12-17(26)23-16-8-6-5-7-15(16)2/h5-8,14H,9-13H2,1-4H3,(H,23,26)(H,24,29)/t14-,22-/m0/s1. The van der Waals surface area contributed by atoms with Crippen LogP contribution in [0.3, 0.4) is 0 Å². The van der Waals surface area contributed by atoms with Crippen molar-refractivity contribution in [2.45, 2.75) is 52.5 Å². The van der Waals surface area contributed by atoms with Gasteiger partial charge in [0.2, 0.25) is 0 Å². The first-order chi connectivity index (χ1) is 14.0. The number of ether oxygens (including phenoxy) is 1. The van der Waals surface area contributed by atoms with Crippen molar-refractivity contribution in [1.29, 1.82) is 0 Å². The molecule has 1 saturated carbocycles. The molecule has 0 bridgehead atoms. The molecule has 1 aromatic rings. The minimum Gasteiger partial charge on any atom is -0.454 e.